The maximum atomic E-state index is 9.72. The number of nitrogens with one attached hydrogen (secondary N) is 1. The molecule has 3 aromatic rings. The van der Waals surface area contributed by atoms with Crippen LogP contribution in [-0.4, -0.2) is 16.2 Å². The van der Waals surface area contributed by atoms with Gasteiger partial charge in [0.05, 0.1) is 5.69 Å². The highest BCUT2D eigenvalue weighted by Gasteiger charge is 2.16. The highest BCUT2D eigenvalue weighted by atomic mass is 79.9. The number of aryl methyl sites for hydroxylation is 1. The van der Waals surface area contributed by atoms with E-state index >= 15 is 0 Å². The number of nitrogens with zero attached hydrogens (tertiary/aromatic N) is 3. The summed E-state index contributed by atoms with van der Waals surface area (Å²) < 4.78 is 0.992. The smallest absolute Gasteiger partial charge is 0.189 e. The van der Waals surface area contributed by atoms with Gasteiger partial charge >= 0.3 is 0 Å². The van der Waals surface area contributed by atoms with Crippen molar-refractivity contribution in [2.24, 2.45) is 0 Å². The Hall–Kier alpha value is -2.36. The van der Waals surface area contributed by atoms with E-state index in [9.17, 15) is 5.26 Å². The monoisotopic (exact) mass is 410 g/mol. The van der Waals surface area contributed by atoms with Gasteiger partial charge in [0, 0.05) is 15.7 Å². The third-order valence-electron chi connectivity index (χ3n) is 3.61. The number of hydrogen-bond donors (Lipinski definition) is 1. The Bertz CT molecular complexity index is 931. The molecular formula is C19H15BrN4S. The Balaban J connectivity index is 2.11. The third kappa shape index (κ3) is 4.01. The topological polar surface area (TPSA) is 61.6 Å². The van der Waals surface area contributed by atoms with Crippen LogP contribution in [0.15, 0.2) is 58.2 Å². The van der Waals surface area contributed by atoms with E-state index in [2.05, 4.69) is 37.3 Å². The molecule has 0 aliphatic rings. The molecule has 0 radical (unpaired) electrons. The Kier molecular flexibility index (Phi) is 5.37. The number of halogens is 1. The van der Waals surface area contributed by atoms with Gasteiger partial charge in [-0.15, -0.1) is 0 Å². The first kappa shape index (κ1) is 17.5. The zero-order valence-corrected chi connectivity index (χ0v) is 16.1. The number of thioether (sulfide) groups is 1. The third-order valence-corrected chi connectivity index (χ3v) is 4.69. The Morgan fingerprint density at radius 3 is 2.32 bits per heavy atom. The van der Waals surface area contributed by atoms with Gasteiger partial charge in [0.15, 0.2) is 11.0 Å². The van der Waals surface area contributed by atoms with Gasteiger partial charge in [0.2, 0.25) is 0 Å². The van der Waals surface area contributed by atoms with E-state index in [0.29, 0.717) is 22.2 Å². The largest absolute Gasteiger partial charge is 0.339 e. The van der Waals surface area contributed by atoms with Crippen molar-refractivity contribution < 1.29 is 0 Å². The highest BCUT2D eigenvalue weighted by molar-refractivity contribution is 9.10. The molecule has 0 bridgehead atoms. The molecule has 1 heterocycles. The second-order valence-corrected chi connectivity index (χ2v) is 7.08. The zero-order valence-electron chi connectivity index (χ0n) is 13.7. The fourth-order valence-corrected chi connectivity index (χ4v) is 2.95. The minimum absolute atomic E-state index is 0.435. The van der Waals surface area contributed by atoms with Crippen LogP contribution < -0.4 is 5.32 Å². The van der Waals surface area contributed by atoms with Gasteiger partial charge in [-0.2, -0.15) is 5.26 Å². The molecular weight excluding hydrogens is 396 g/mol. The molecule has 0 saturated heterocycles. The van der Waals surface area contributed by atoms with Crippen LogP contribution in [0.1, 0.15) is 11.1 Å². The summed E-state index contributed by atoms with van der Waals surface area (Å²) in [5.74, 6) is 0.514. The van der Waals surface area contributed by atoms with Crippen molar-refractivity contribution in [1.29, 1.82) is 5.26 Å². The Labute approximate surface area is 159 Å². The lowest BCUT2D eigenvalue weighted by molar-refractivity contribution is 0.975. The van der Waals surface area contributed by atoms with Crippen molar-refractivity contribution >= 4 is 39.2 Å². The molecule has 25 heavy (non-hydrogen) atoms. The predicted octanol–water partition coefficient (Wildman–Crippen LogP) is 5.55. The first-order valence-corrected chi connectivity index (χ1v) is 9.58. The normalized spacial score (nSPS) is 10.3. The van der Waals surface area contributed by atoms with Crippen molar-refractivity contribution in [3.8, 4) is 17.3 Å². The number of aromatic nitrogens is 2. The van der Waals surface area contributed by atoms with E-state index in [1.165, 1.54) is 11.8 Å². The summed E-state index contributed by atoms with van der Waals surface area (Å²) in [6.45, 7) is 2.03. The molecule has 0 aliphatic carbocycles. The standard InChI is InChI=1S/C19H15BrN4S/c1-12-3-5-13(6-4-12)17-16(11-21)18(24-19(23-17)25-2)22-15-9-7-14(20)8-10-15/h3-10H,1-2H3,(H,22,23,24). The Morgan fingerprint density at radius 1 is 1.04 bits per heavy atom. The van der Waals surface area contributed by atoms with Crippen molar-refractivity contribution in [3.05, 3.63) is 64.1 Å². The van der Waals surface area contributed by atoms with E-state index in [-0.39, 0.29) is 0 Å². The van der Waals surface area contributed by atoms with E-state index in [4.69, 9.17) is 0 Å². The molecule has 0 fully saturated rings. The summed E-state index contributed by atoms with van der Waals surface area (Å²) in [7, 11) is 0. The molecule has 0 spiro atoms. The second kappa shape index (κ2) is 7.68. The van der Waals surface area contributed by atoms with Gasteiger partial charge in [0.25, 0.3) is 0 Å². The molecule has 1 aromatic heterocycles. The molecule has 124 valence electrons. The minimum Gasteiger partial charge on any atom is -0.339 e. The first-order valence-electron chi connectivity index (χ1n) is 7.56. The lowest BCUT2D eigenvalue weighted by Gasteiger charge is -2.12. The van der Waals surface area contributed by atoms with Crippen molar-refractivity contribution in [1.82, 2.24) is 9.97 Å². The molecule has 0 amide bonds. The Morgan fingerprint density at radius 2 is 1.72 bits per heavy atom. The molecule has 0 atom stereocenters. The molecule has 4 nitrogen and oxygen atoms in total. The van der Waals surface area contributed by atoms with Crippen LogP contribution in [0.3, 0.4) is 0 Å². The maximum Gasteiger partial charge on any atom is 0.189 e. The number of anilines is 2. The second-order valence-electron chi connectivity index (χ2n) is 5.39. The molecule has 0 saturated carbocycles. The number of rotatable bonds is 4. The quantitative estimate of drug-likeness (QED) is 0.450. The molecule has 0 aliphatic heterocycles. The average molecular weight is 411 g/mol. The number of nitriles is 1. The molecule has 1 N–H and O–H groups in total. The molecule has 3 rings (SSSR count). The minimum atomic E-state index is 0.435. The van der Waals surface area contributed by atoms with Crippen molar-refractivity contribution in [3.63, 3.8) is 0 Å². The summed E-state index contributed by atoms with van der Waals surface area (Å²) in [4.78, 5) is 9.05. The van der Waals surface area contributed by atoms with Gasteiger partial charge in [-0.1, -0.05) is 57.5 Å². The lowest BCUT2D eigenvalue weighted by atomic mass is 10.1. The van der Waals surface area contributed by atoms with Crippen LogP contribution in [-0.2, 0) is 0 Å². The fourth-order valence-electron chi connectivity index (χ4n) is 2.32. The van der Waals surface area contributed by atoms with Crippen LogP contribution in [0.4, 0.5) is 11.5 Å². The van der Waals surface area contributed by atoms with Gasteiger partial charge < -0.3 is 5.32 Å². The number of benzene rings is 2. The van der Waals surface area contributed by atoms with E-state index in [0.717, 1.165) is 21.3 Å². The van der Waals surface area contributed by atoms with Crippen molar-refractivity contribution in [2.75, 3.05) is 11.6 Å². The van der Waals surface area contributed by atoms with Gasteiger partial charge in [-0.3, -0.25) is 0 Å². The van der Waals surface area contributed by atoms with Crippen LogP contribution in [0, 0.1) is 18.3 Å². The SMILES string of the molecule is CSc1nc(Nc2ccc(Br)cc2)c(C#N)c(-c2ccc(C)cc2)n1. The van der Waals surface area contributed by atoms with Gasteiger partial charge in [-0.25, -0.2) is 9.97 Å². The number of hydrogen-bond acceptors (Lipinski definition) is 5. The summed E-state index contributed by atoms with van der Waals surface area (Å²) in [5, 5.41) is 13.6. The van der Waals surface area contributed by atoms with Crippen LogP contribution in [0.25, 0.3) is 11.3 Å². The van der Waals surface area contributed by atoms with E-state index in [1.54, 1.807) is 0 Å². The van der Waals surface area contributed by atoms with E-state index < -0.39 is 0 Å². The van der Waals surface area contributed by atoms with Crippen LogP contribution in [0.5, 0.6) is 0 Å². The molecule has 2 aromatic carbocycles. The van der Waals surface area contributed by atoms with Crippen molar-refractivity contribution in [2.45, 2.75) is 12.1 Å². The lowest BCUT2D eigenvalue weighted by Crippen LogP contribution is -2.03. The van der Waals surface area contributed by atoms with Crippen LogP contribution in [0.2, 0.25) is 0 Å². The maximum absolute atomic E-state index is 9.72. The fraction of sp³-hybridized carbons (Fsp3) is 0.105. The summed E-state index contributed by atoms with van der Waals surface area (Å²) in [5.41, 5.74) is 4.00. The van der Waals surface area contributed by atoms with Crippen LogP contribution >= 0.6 is 27.7 Å². The highest BCUT2D eigenvalue weighted by Crippen LogP contribution is 2.30. The zero-order chi connectivity index (χ0) is 17.8. The average Bonchev–Trinajstić information content (AvgIpc) is 2.63. The molecule has 0 unspecified atom stereocenters. The molecule has 6 heteroatoms. The van der Waals surface area contributed by atoms with E-state index in [1.807, 2.05) is 61.7 Å². The summed E-state index contributed by atoms with van der Waals surface area (Å²) >= 11 is 4.87. The first-order chi connectivity index (χ1) is 12.1. The summed E-state index contributed by atoms with van der Waals surface area (Å²) in [6.07, 6.45) is 1.92. The predicted molar refractivity (Wildman–Crippen MR) is 106 cm³/mol. The van der Waals surface area contributed by atoms with Gasteiger partial charge in [-0.05, 0) is 37.4 Å². The summed E-state index contributed by atoms with van der Waals surface area (Å²) in [6, 6.07) is 18.0. The van der Waals surface area contributed by atoms with Gasteiger partial charge in [0.1, 0.15) is 11.6 Å².